The Morgan fingerprint density at radius 1 is 1.14 bits per heavy atom. The molecule has 1 spiro atoms. The molecule has 9 heteroatoms. The van der Waals surface area contributed by atoms with E-state index in [1.54, 1.807) is 6.07 Å². The van der Waals surface area contributed by atoms with E-state index in [-0.39, 0.29) is 21.0 Å². The maximum Gasteiger partial charge on any atom is 0.573 e. The fourth-order valence-corrected chi connectivity index (χ4v) is 9.00. The van der Waals surface area contributed by atoms with Gasteiger partial charge >= 0.3 is 6.36 Å². The number of likely N-dealkylation sites (tertiary alicyclic amines) is 1. The lowest BCUT2D eigenvalue weighted by molar-refractivity contribution is -0.274. The minimum Gasteiger partial charge on any atom is -0.406 e. The lowest BCUT2D eigenvalue weighted by Gasteiger charge is -2.41. The van der Waals surface area contributed by atoms with Crippen molar-refractivity contribution in [3.63, 3.8) is 0 Å². The summed E-state index contributed by atoms with van der Waals surface area (Å²) >= 11 is -0.525. The van der Waals surface area contributed by atoms with Gasteiger partial charge in [-0.05, 0) is 71.4 Å². The number of amidine groups is 1. The molecule has 202 valence electrons. The number of piperidine rings is 1. The van der Waals surface area contributed by atoms with Crippen LogP contribution in [0, 0.1) is 5.92 Å². The first-order valence-corrected chi connectivity index (χ1v) is 15.2. The number of benzene rings is 1. The van der Waals surface area contributed by atoms with Crippen LogP contribution in [-0.2, 0) is 4.74 Å². The number of nitrogens with one attached hydrogen (secondary N) is 1. The van der Waals surface area contributed by atoms with Gasteiger partial charge in [0.15, 0.2) is 0 Å². The van der Waals surface area contributed by atoms with Crippen molar-refractivity contribution in [3.05, 3.63) is 29.8 Å². The molecule has 1 aromatic rings. The zero-order valence-electron chi connectivity index (χ0n) is 21.8. The van der Waals surface area contributed by atoms with Crippen LogP contribution in [0.3, 0.4) is 0 Å². The van der Waals surface area contributed by atoms with E-state index >= 15 is 0 Å². The van der Waals surface area contributed by atoms with Crippen molar-refractivity contribution in [1.82, 2.24) is 10.2 Å². The quantitative estimate of drug-likeness (QED) is 0.287. The molecule has 1 atom stereocenters. The van der Waals surface area contributed by atoms with Crippen LogP contribution in [0.1, 0.15) is 78.2 Å². The van der Waals surface area contributed by atoms with Crippen LogP contribution in [0.15, 0.2) is 29.3 Å². The van der Waals surface area contributed by atoms with Crippen LogP contribution in [0.5, 0.6) is 5.75 Å². The third-order valence-corrected chi connectivity index (χ3v) is 11.2. The summed E-state index contributed by atoms with van der Waals surface area (Å²) in [5.74, 6) is 1.51. The van der Waals surface area contributed by atoms with Crippen molar-refractivity contribution < 1.29 is 22.6 Å². The molecule has 3 aliphatic rings. The molecule has 1 saturated carbocycles. The van der Waals surface area contributed by atoms with E-state index in [9.17, 15) is 13.2 Å². The molecular formula is C27H39F3IN3O2. The largest absolute Gasteiger partial charge is 0.573 e. The van der Waals surface area contributed by atoms with Crippen LogP contribution < -0.4 is 10.1 Å². The summed E-state index contributed by atoms with van der Waals surface area (Å²) in [5, 5.41) is 3.61. The van der Waals surface area contributed by atoms with Crippen molar-refractivity contribution >= 4 is 30.2 Å². The molecule has 2 heterocycles. The van der Waals surface area contributed by atoms with E-state index in [0.717, 1.165) is 47.5 Å². The molecule has 2 fully saturated rings. The molecule has 1 aromatic carbocycles. The van der Waals surface area contributed by atoms with Gasteiger partial charge in [-0.15, -0.1) is 13.2 Å². The molecule has 1 aliphatic carbocycles. The van der Waals surface area contributed by atoms with E-state index in [4.69, 9.17) is 9.73 Å². The summed E-state index contributed by atoms with van der Waals surface area (Å²) in [5.41, 5.74) is 0.576. The number of rotatable bonds is 6. The fraction of sp³-hybridized carbons (Fsp3) is 0.704. The minimum atomic E-state index is -4.70. The summed E-state index contributed by atoms with van der Waals surface area (Å²) in [6.07, 6.45) is 3.66. The third kappa shape index (κ3) is 7.43. The van der Waals surface area contributed by atoms with Crippen LogP contribution in [0.2, 0.25) is 0 Å². The van der Waals surface area contributed by atoms with Gasteiger partial charge in [0.1, 0.15) is 17.8 Å². The van der Waals surface area contributed by atoms with Gasteiger partial charge in [0, 0.05) is 25.2 Å². The zero-order chi connectivity index (χ0) is 26.0. The minimum absolute atomic E-state index is 0.0122. The highest BCUT2D eigenvalue weighted by Crippen LogP contribution is 2.43. The van der Waals surface area contributed by atoms with Crippen LogP contribution in [-0.4, -0.2) is 55.6 Å². The van der Waals surface area contributed by atoms with Crippen molar-refractivity contribution in [2.75, 3.05) is 19.6 Å². The first-order valence-electron chi connectivity index (χ1n) is 13.1. The summed E-state index contributed by atoms with van der Waals surface area (Å²) in [7, 11) is 0. The average Bonchev–Trinajstić information content (AvgIpc) is 3.14. The summed E-state index contributed by atoms with van der Waals surface area (Å²) < 4.78 is 49.8. The summed E-state index contributed by atoms with van der Waals surface area (Å²) in [6.45, 7) is 11.0. The number of ether oxygens (including phenoxy) is 2. The molecule has 5 nitrogen and oxygen atoms in total. The number of hydrogen-bond acceptors (Lipinski definition) is 4. The normalized spacial score (nSPS) is 23.8. The molecule has 36 heavy (non-hydrogen) atoms. The number of nitrogens with zero attached hydrogens (tertiary/aromatic N) is 2. The Kier molecular flexibility index (Phi) is 8.71. The average molecular weight is 622 g/mol. The molecule has 0 amide bonds. The lowest BCUT2D eigenvalue weighted by Crippen LogP contribution is -2.51. The number of hydrogen-bond donors (Lipinski definition) is 1. The molecule has 0 unspecified atom stereocenters. The molecular weight excluding hydrogens is 582 g/mol. The van der Waals surface area contributed by atoms with E-state index in [1.807, 2.05) is 6.07 Å². The molecule has 1 N–H and O–H groups in total. The predicted molar refractivity (Wildman–Crippen MR) is 147 cm³/mol. The van der Waals surface area contributed by atoms with Gasteiger partial charge in [0.05, 0.1) is 12.7 Å². The Morgan fingerprint density at radius 3 is 2.47 bits per heavy atom. The third-order valence-electron chi connectivity index (χ3n) is 7.11. The van der Waals surface area contributed by atoms with Gasteiger partial charge in [-0.1, -0.05) is 52.1 Å². The van der Waals surface area contributed by atoms with Gasteiger partial charge in [-0.25, -0.2) is 0 Å². The van der Waals surface area contributed by atoms with Gasteiger partial charge in [0.2, 0.25) is 0 Å². The summed E-state index contributed by atoms with van der Waals surface area (Å²) in [4.78, 5) is 7.56. The Labute approximate surface area is 223 Å². The molecule has 2 aliphatic heterocycles. The van der Waals surface area contributed by atoms with Crippen molar-refractivity contribution in [2.24, 2.45) is 10.9 Å². The molecule has 4 rings (SSSR count). The topological polar surface area (TPSA) is 46.1 Å². The highest BCUT2D eigenvalue weighted by molar-refractivity contribution is 14.2. The monoisotopic (exact) mass is 621 g/mol. The van der Waals surface area contributed by atoms with E-state index in [0.29, 0.717) is 5.92 Å². The Balaban J connectivity index is 1.55. The van der Waals surface area contributed by atoms with Gasteiger partial charge in [-0.2, -0.15) is 0 Å². The Bertz CT molecular complexity index is 960. The highest BCUT2D eigenvalue weighted by Gasteiger charge is 2.44. The standard InChI is InChI=1S/C27H39F3IN3O2/c1-19(35-25(2,3)4)34-15-13-26(14-16-34)24(32-18-20-9-6-5-7-10-20)33-23(31-26)21-11-8-12-22(17-21)36-27(28,29)30/h8,11-12,17,19-20H,5-7,9-10,13-16,18H2,1-4H3,(H,32,33)/t19-/m0/s1. The maximum atomic E-state index is 12.8. The predicted octanol–water partition coefficient (Wildman–Crippen LogP) is 6.61. The first-order chi connectivity index (χ1) is 16.9. The lowest BCUT2D eigenvalue weighted by atomic mass is 9.89. The van der Waals surface area contributed by atoms with Gasteiger partial charge in [0.25, 0.3) is 0 Å². The SMILES string of the molecule is C[C@H](OC(C)(C)C)N1CCC2(CC1)I=C(c1cccc(OC(F)(F)F)c1)NC2=NCC1CCCCC1. The van der Waals surface area contributed by atoms with Crippen LogP contribution >= 0.6 is 20.7 Å². The smallest absolute Gasteiger partial charge is 0.406 e. The second-order valence-corrected chi connectivity index (χ2v) is 14.8. The van der Waals surface area contributed by atoms with Gasteiger partial charge in [-0.3, -0.25) is 9.89 Å². The van der Waals surface area contributed by atoms with Crippen molar-refractivity contribution in [1.29, 1.82) is 0 Å². The first kappa shape index (κ1) is 27.8. The maximum absolute atomic E-state index is 12.8. The molecule has 0 bridgehead atoms. The summed E-state index contributed by atoms with van der Waals surface area (Å²) in [6, 6.07) is 6.36. The molecule has 1 saturated heterocycles. The van der Waals surface area contributed by atoms with Crippen molar-refractivity contribution in [2.45, 2.75) is 94.3 Å². The number of alkyl halides is 4. The van der Waals surface area contributed by atoms with E-state index in [1.165, 1.54) is 44.2 Å². The van der Waals surface area contributed by atoms with Crippen LogP contribution in [0.25, 0.3) is 0 Å². The van der Waals surface area contributed by atoms with Gasteiger partial charge < -0.3 is 14.8 Å². The highest BCUT2D eigenvalue weighted by atomic mass is 127. The molecule has 0 aromatic heterocycles. The zero-order valence-corrected chi connectivity index (χ0v) is 23.9. The van der Waals surface area contributed by atoms with Crippen molar-refractivity contribution in [3.8, 4) is 5.75 Å². The second kappa shape index (κ2) is 11.3. The Hall–Kier alpha value is -1.20. The van der Waals surface area contributed by atoms with E-state index < -0.39 is 27.1 Å². The fourth-order valence-electron chi connectivity index (χ4n) is 5.35. The molecule has 0 radical (unpaired) electrons. The number of aliphatic imine (C=N–C) groups is 1. The van der Waals surface area contributed by atoms with E-state index in [2.05, 4.69) is 42.6 Å². The number of halogens is 4. The Morgan fingerprint density at radius 2 is 1.83 bits per heavy atom. The second-order valence-electron chi connectivity index (χ2n) is 11.1. The van der Waals surface area contributed by atoms with Crippen LogP contribution in [0.4, 0.5) is 13.2 Å².